The van der Waals surface area contributed by atoms with Gasteiger partial charge in [0.1, 0.15) is 24.1 Å². The lowest BCUT2D eigenvalue weighted by atomic mass is 9.55. The van der Waals surface area contributed by atoms with Crippen LogP contribution in [0.25, 0.3) is 6.08 Å². The number of non-ortho nitro benzene ring substituents is 2. The van der Waals surface area contributed by atoms with Crippen LogP contribution in [-0.2, 0) is 21.0 Å². The van der Waals surface area contributed by atoms with Gasteiger partial charge in [-0.1, -0.05) is 37.1 Å². The van der Waals surface area contributed by atoms with Crippen molar-refractivity contribution in [2.45, 2.75) is 89.6 Å². The largest absolute Gasteiger partial charge is 0.459 e. The number of hydrogen-bond donors (Lipinski definition) is 3. The molecule has 352 valence electrons. The minimum absolute atomic E-state index is 0.00913. The maximum absolute atomic E-state index is 14.8. The molecule has 0 bridgehead atoms. The zero-order valence-corrected chi connectivity index (χ0v) is 37.4. The van der Waals surface area contributed by atoms with Crippen LogP contribution in [-0.4, -0.2) is 87.4 Å². The number of nitrogens with zero attached hydrogens (tertiary/aromatic N) is 4. The summed E-state index contributed by atoms with van der Waals surface area (Å²) in [5, 5.41) is 50.0. The fourth-order valence-corrected chi connectivity index (χ4v) is 9.53. The molecule has 1 heterocycles. The lowest BCUT2D eigenvalue weighted by Crippen LogP contribution is -2.70. The highest BCUT2D eigenvalue weighted by Gasteiger charge is 2.65. The molecule has 1 saturated carbocycles. The van der Waals surface area contributed by atoms with Gasteiger partial charge in [0.2, 0.25) is 11.7 Å². The van der Waals surface area contributed by atoms with Crippen molar-refractivity contribution in [2.75, 3.05) is 32.9 Å². The first-order valence-electron chi connectivity index (χ1n) is 22.6. The quantitative estimate of drug-likeness (QED) is 0.0268. The van der Waals surface area contributed by atoms with Crippen LogP contribution in [0.1, 0.15) is 87.8 Å². The van der Waals surface area contributed by atoms with Gasteiger partial charge in [-0.3, -0.25) is 25.0 Å². The van der Waals surface area contributed by atoms with Gasteiger partial charge in [0.15, 0.2) is 0 Å². The maximum Gasteiger partial charge on any atom is 0.412 e. The summed E-state index contributed by atoms with van der Waals surface area (Å²) in [6.07, 6.45) is 10.9. The van der Waals surface area contributed by atoms with E-state index in [0.29, 0.717) is 67.0 Å². The minimum Gasteiger partial charge on any atom is -0.459 e. The Hall–Kier alpha value is -6.43. The van der Waals surface area contributed by atoms with Crippen LogP contribution in [0.3, 0.4) is 0 Å². The average Bonchev–Trinajstić information content (AvgIpc) is 3.31. The van der Waals surface area contributed by atoms with Crippen LogP contribution < -0.4 is 14.8 Å². The second-order valence-corrected chi connectivity index (χ2v) is 16.6. The van der Waals surface area contributed by atoms with E-state index in [-0.39, 0.29) is 74.4 Å². The predicted molar refractivity (Wildman–Crippen MR) is 247 cm³/mol. The van der Waals surface area contributed by atoms with Gasteiger partial charge >= 0.3 is 6.09 Å². The van der Waals surface area contributed by atoms with Crippen molar-refractivity contribution >= 4 is 35.2 Å². The van der Waals surface area contributed by atoms with Crippen LogP contribution in [0.15, 0.2) is 102 Å². The number of fused-ring (bicyclic) bond motifs is 2. The van der Waals surface area contributed by atoms with E-state index in [9.17, 15) is 40.0 Å². The molecule has 0 aromatic heterocycles. The van der Waals surface area contributed by atoms with E-state index in [1.54, 1.807) is 60.4 Å². The van der Waals surface area contributed by atoms with E-state index in [1.807, 2.05) is 13.0 Å². The van der Waals surface area contributed by atoms with Gasteiger partial charge in [-0.15, -0.1) is 6.58 Å². The summed E-state index contributed by atoms with van der Waals surface area (Å²) < 4.78 is 20.0. The molecule has 3 N–H and O–H groups in total. The Bertz CT molecular complexity index is 2280. The van der Waals surface area contributed by atoms with Crippen molar-refractivity contribution in [3.8, 4) is 11.5 Å². The molecule has 2 amide bonds. The van der Waals surface area contributed by atoms with Gasteiger partial charge in [-0.25, -0.2) is 4.79 Å². The maximum atomic E-state index is 14.8. The van der Waals surface area contributed by atoms with E-state index in [0.717, 1.165) is 24.0 Å². The van der Waals surface area contributed by atoms with Gasteiger partial charge < -0.3 is 39.5 Å². The molecular weight excluding hydrogens is 851 g/mol. The van der Waals surface area contributed by atoms with Crippen molar-refractivity contribution in [3.05, 3.63) is 134 Å². The Morgan fingerprint density at radius 3 is 2.29 bits per heavy atom. The number of hydrogen-bond acceptors (Lipinski definition) is 13. The second-order valence-electron chi connectivity index (χ2n) is 16.6. The van der Waals surface area contributed by atoms with Gasteiger partial charge in [-0.2, -0.15) is 0 Å². The zero-order valence-electron chi connectivity index (χ0n) is 37.4. The Morgan fingerprint density at radius 2 is 1.65 bits per heavy atom. The van der Waals surface area contributed by atoms with Crippen LogP contribution in [0.2, 0.25) is 0 Å². The third kappa shape index (κ3) is 11.3. The highest BCUT2D eigenvalue weighted by Crippen LogP contribution is 2.62. The summed E-state index contributed by atoms with van der Waals surface area (Å²) >= 11 is 0. The van der Waals surface area contributed by atoms with Gasteiger partial charge in [0, 0.05) is 74.5 Å². The zero-order chi connectivity index (χ0) is 47.2. The molecule has 0 saturated heterocycles. The Morgan fingerprint density at radius 1 is 0.970 bits per heavy atom. The molecule has 1 fully saturated rings. The number of carbonyl (C=O) groups excluding carboxylic acids is 2. The number of aliphatic hydroxyl groups is 2. The van der Waals surface area contributed by atoms with E-state index in [1.165, 1.54) is 30.3 Å². The van der Waals surface area contributed by atoms with E-state index in [2.05, 4.69) is 18.0 Å². The highest BCUT2D eigenvalue weighted by molar-refractivity contribution is 6.03. The average molecular weight is 910 g/mol. The summed E-state index contributed by atoms with van der Waals surface area (Å²) in [4.78, 5) is 57.1. The SMILES string of the molecule is C=CCO[C@@]12Oc3ccc(OC(=O)NCC)cc3[C@H]3[C@H](CCCCO)[C@@H](CCCCO)C=C(C(=NOCc4ccc([N+](=O)[O-])cc4)C[C@@H]1N(CCC)C(=O)C=Cc1ccc([N+](=O)[O-])cc1)[C@H]32. The number of benzene rings is 3. The van der Waals surface area contributed by atoms with Crippen LogP contribution >= 0.6 is 0 Å². The van der Waals surface area contributed by atoms with Crippen molar-refractivity contribution in [1.29, 1.82) is 0 Å². The molecule has 17 heteroatoms. The first-order valence-corrected chi connectivity index (χ1v) is 22.6. The lowest BCUT2D eigenvalue weighted by Gasteiger charge is -2.60. The molecule has 3 aliphatic rings. The number of amides is 2. The summed E-state index contributed by atoms with van der Waals surface area (Å²) in [5.74, 6) is -2.29. The lowest BCUT2D eigenvalue weighted by molar-refractivity contribution is -0.385. The Labute approximate surface area is 384 Å². The minimum atomic E-state index is -1.55. The number of carbonyl (C=O) groups is 2. The monoisotopic (exact) mass is 909 g/mol. The first-order chi connectivity index (χ1) is 32.0. The van der Waals surface area contributed by atoms with Gasteiger partial charge in [0.25, 0.3) is 11.4 Å². The van der Waals surface area contributed by atoms with Crippen molar-refractivity contribution in [1.82, 2.24) is 10.2 Å². The number of aliphatic hydroxyl groups excluding tert-OH is 2. The number of rotatable bonds is 23. The third-order valence-corrected chi connectivity index (χ3v) is 12.4. The van der Waals surface area contributed by atoms with E-state index in [4.69, 9.17) is 24.2 Å². The number of nitrogens with one attached hydrogen (secondary N) is 1. The first kappa shape index (κ1) is 49.0. The van der Waals surface area contributed by atoms with Crippen molar-refractivity contribution in [2.24, 2.45) is 22.9 Å². The predicted octanol–water partition coefficient (Wildman–Crippen LogP) is 8.40. The van der Waals surface area contributed by atoms with Crippen molar-refractivity contribution in [3.63, 3.8) is 0 Å². The summed E-state index contributed by atoms with van der Waals surface area (Å²) in [6, 6.07) is 16.3. The molecule has 1 aliphatic heterocycles. The van der Waals surface area contributed by atoms with Gasteiger partial charge in [-0.05, 0) is 116 Å². The number of nitro benzene ring substituents is 2. The molecule has 3 aromatic carbocycles. The number of oxime groups is 1. The molecule has 6 rings (SSSR count). The Balaban J connectivity index is 1.56. The molecule has 17 nitrogen and oxygen atoms in total. The highest BCUT2D eigenvalue weighted by atomic mass is 16.7. The molecule has 0 radical (unpaired) electrons. The molecule has 6 atom stereocenters. The fourth-order valence-electron chi connectivity index (χ4n) is 9.53. The molecule has 0 spiro atoms. The van der Waals surface area contributed by atoms with Crippen LogP contribution in [0.4, 0.5) is 16.2 Å². The van der Waals surface area contributed by atoms with E-state index >= 15 is 0 Å². The number of unbranched alkanes of at least 4 members (excludes halogenated alkanes) is 2. The fraction of sp³-hybridized carbons (Fsp3) is 0.449. The summed E-state index contributed by atoms with van der Waals surface area (Å²) in [6.45, 7) is 8.46. The molecule has 66 heavy (non-hydrogen) atoms. The summed E-state index contributed by atoms with van der Waals surface area (Å²) in [5.41, 5.74) is 3.20. The summed E-state index contributed by atoms with van der Waals surface area (Å²) in [7, 11) is 0. The smallest absolute Gasteiger partial charge is 0.412 e. The van der Waals surface area contributed by atoms with Crippen LogP contribution in [0.5, 0.6) is 11.5 Å². The number of allylic oxidation sites excluding steroid dienone is 1. The third-order valence-electron chi connectivity index (χ3n) is 12.4. The normalized spacial score (nSPS) is 22.3. The van der Waals surface area contributed by atoms with Crippen LogP contribution in [0, 0.1) is 38.0 Å². The second kappa shape index (κ2) is 23.2. The topological polar surface area (TPSA) is 225 Å². The number of ether oxygens (including phenoxy) is 3. The molecule has 3 aromatic rings. The standard InChI is InChI=1S/C49H59N5O12/c1-4-25-52(45(57)24-17-33-13-18-36(19-14-33)53(59)60)44-31-42(51-64-32-34-15-20-37(21-16-34)54(61)62)40-29-35(11-7-9-26-55)39(12-8-10-27-56)46-41-30-38(65-48(58)50-6-3)22-23-43(41)66-49(44,47(40)46)63-28-5-2/h5,13-24,29-30,35,39,44,46-47,55-56H,2,4,6-12,25-28,31-32H2,1,3H3,(H,50,58)/t35-,39+,44-,46+,47+,49+/m0/s1. The van der Waals surface area contributed by atoms with Gasteiger partial charge in [0.05, 0.1) is 28.1 Å². The molecular formula is C49H59N5O12. The Kier molecular flexibility index (Phi) is 17.2. The van der Waals surface area contributed by atoms with Crippen molar-refractivity contribution < 1.29 is 48.7 Å². The molecule has 0 unspecified atom stereocenters. The number of nitro groups is 2. The van der Waals surface area contributed by atoms with E-state index < -0.39 is 33.7 Å². The molecule has 2 aliphatic carbocycles.